The first-order valence-electron chi connectivity index (χ1n) is 33.1. The van der Waals surface area contributed by atoms with Crippen LogP contribution in [0.4, 0.5) is 11.4 Å². The van der Waals surface area contributed by atoms with Crippen LogP contribution in [0.3, 0.4) is 0 Å². The summed E-state index contributed by atoms with van der Waals surface area (Å²) in [4.78, 5) is 34.7. The topological polar surface area (TPSA) is 150 Å². The fraction of sp³-hybridized carbons (Fsp3) is 0.241. The number of aromatic nitrogens is 6. The fourth-order valence-electron chi connectivity index (χ4n) is 14.8. The Morgan fingerprint density at radius 3 is 1.16 bits per heavy atom. The molecule has 1 N–H and O–H groups in total. The molecule has 16 rings (SSSR count). The zero-order valence-corrected chi connectivity index (χ0v) is 59.7. The van der Waals surface area contributed by atoms with Crippen LogP contribution in [0.25, 0.3) is 113 Å². The molecule has 10 heterocycles. The van der Waals surface area contributed by atoms with E-state index in [0.717, 1.165) is 81.8 Å². The van der Waals surface area contributed by atoms with E-state index in [9.17, 15) is 4.79 Å². The van der Waals surface area contributed by atoms with Gasteiger partial charge in [-0.2, -0.15) is 10.3 Å². The Morgan fingerprint density at radius 2 is 0.786 bits per heavy atom. The number of hydrogen-bond donors (Lipinski definition) is 1. The zero-order chi connectivity index (χ0) is 68.0. The van der Waals surface area contributed by atoms with Crippen molar-refractivity contribution < 1.29 is 29.4 Å². The second-order valence-corrected chi connectivity index (χ2v) is 28.7. The van der Waals surface area contributed by atoms with E-state index < -0.39 is 5.97 Å². The van der Waals surface area contributed by atoms with Crippen LogP contribution in [0.5, 0.6) is 0 Å². The molecule has 0 spiro atoms. The summed E-state index contributed by atoms with van der Waals surface area (Å²) in [5.41, 5.74) is 24.2. The monoisotopic (exact) mass is 1410 g/mol. The summed E-state index contributed by atoms with van der Waals surface area (Å²) in [5.74, 6) is -0.963. The van der Waals surface area contributed by atoms with Gasteiger partial charge in [0.1, 0.15) is 0 Å². The molecule has 0 aliphatic carbocycles. The van der Waals surface area contributed by atoms with Crippen molar-refractivity contribution >= 4 is 120 Å². The summed E-state index contributed by atoms with van der Waals surface area (Å²) >= 11 is 7.40. The van der Waals surface area contributed by atoms with E-state index in [1.165, 1.54) is 121 Å². The van der Waals surface area contributed by atoms with Gasteiger partial charge in [0.25, 0.3) is 0 Å². The molecule has 4 aliphatic rings. The summed E-state index contributed by atoms with van der Waals surface area (Å²) in [6.07, 6.45) is 21.2. The molecule has 0 amide bonds. The van der Waals surface area contributed by atoms with Gasteiger partial charge in [0.2, 0.25) is 0 Å². The number of anilines is 2. The summed E-state index contributed by atoms with van der Waals surface area (Å²) < 4.78 is 4.71. The number of benzene rings is 6. The first-order chi connectivity index (χ1) is 46.7. The van der Waals surface area contributed by atoms with Crippen molar-refractivity contribution in [1.82, 2.24) is 29.1 Å². The van der Waals surface area contributed by atoms with Gasteiger partial charge in [-0.05, 0) is 201 Å². The molecule has 0 bridgehead atoms. The largest absolute Gasteiger partial charge is 2.00 e. The summed E-state index contributed by atoms with van der Waals surface area (Å²) in [6.45, 7) is 24.0. The minimum absolute atomic E-state index is 0. The molecule has 6 aromatic carbocycles. The van der Waals surface area contributed by atoms with Crippen molar-refractivity contribution in [2.75, 3.05) is 36.0 Å². The van der Waals surface area contributed by atoms with Crippen LogP contribution >= 0.6 is 24.4 Å². The maximum absolute atomic E-state index is 10.7. The molecular weight excluding hydrogens is 1330 g/mol. The number of carboxylic acid groups (broad SMARTS) is 1. The second-order valence-electron chi connectivity index (χ2n) is 28.3. The average molecular weight is 1410 g/mol. The van der Waals surface area contributed by atoms with Crippen LogP contribution in [-0.2, 0) is 41.1 Å². The third kappa shape index (κ3) is 13.2. The van der Waals surface area contributed by atoms with Gasteiger partial charge in [0, 0.05) is 82.9 Å². The van der Waals surface area contributed by atoms with Gasteiger partial charge in [-0.1, -0.05) is 159 Å². The van der Waals surface area contributed by atoms with Gasteiger partial charge in [-0.25, -0.2) is 4.79 Å². The quantitative estimate of drug-likeness (QED) is 0.0640. The number of carbonyl (C=O) groups is 1. The number of fused-ring (bicyclic) bond motifs is 6. The molecule has 0 unspecified atom stereocenters. The predicted molar refractivity (Wildman–Crippen MR) is 408 cm³/mol. The van der Waals surface area contributed by atoms with Gasteiger partial charge in [0.05, 0.1) is 62.8 Å². The van der Waals surface area contributed by atoms with Crippen LogP contribution in [0.1, 0.15) is 136 Å². The van der Waals surface area contributed by atoms with Crippen LogP contribution in [0.2, 0.25) is 0 Å². The standard InChI is InChI=1S/C70H68N6.C11H8N2O2.2CNS.Ru/c1-67(2)27-31-73-32-28-68(3,4)56-38-47(37-55(67)65(56)73)21-19-45-23-25-61-51(35-45)53-41-59(71-43-63(53)75(61)49-15-11-9-12-16-49)60-42-54-52-36-46(24-26-62(52)76(64(54)44-72-60)50-17-13-10-14-18-50)20-22-48-39-57-66-58(40-48)70(7,8)30-34-74(66)33-29-69(57,5)6;14-11(15)8-4-6-13-10(7-8)9-3-1-2-5-12-9;2*2-1-3;/h9-26,35-44H,27-34H2,1-8H3;1-7H,(H,14,15);;;/q;;2*-1;+2/b21-19+,22-20+;;;;. The molecule has 0 fully saturated rings. The number of pyridine rings is 4. The smallest absolute Gasteiger partial charge is 0.753 e. The fourth-order valence-corrected chi connectivity index (χ4v) is 14.8. The van der Waals surface area contributed by atoms with E-state index in [4.69, 9.17) is 25.9 Å². The van der Waals surface area contributed by atoms with Crippen LogP contribution < -0.4 is 9.80 Å². The SMILES string of the molecule is CC1(C)CCN2CCC(C)(C)c3cc(/C=C/c4ccc5c(c4)c4cc(-c6cc7c8cc(/C=C/c9cc%10c%11c(c9)C(C)(C)CCN%11CCC%10(C)C)ccc8n(-c8ccccc8)c7cn6)ncc4n5-c4ccccc4)cc1c32.O=C(O)c1ccnc(-c2ccccn2)c1.[N-]=C=S.[N-]=C=S.[Ru+2]. The summed E-state index contributed by atoms with van der Waals surface area (Å²) in [7, 11) is 0. The molecule has 0 atom stereocenters. The Hall–Kier alpha value is -9.71. The van der Waals surface area contributed by atoms with E-state index >= 15 is 0 Å². The third-order valence-electron chi connectivity index (χ3n) is 20.4. The number of para-hydroxylation sites is 2. The van der Waals surface area contributed by atoms with Crippen molar-refractivity contribution in [2.24, 2.45) is 0 Å². The molecule has 15 heteroatoms. The Labute approximate surface area is 596 Å². The third-order valence-corrected chi connectivity index (χ3v) is 20.4. The Kier molecular flexibility index (Phi) is 19.3. The molecule has 0 saturated heterocycles. The van der Waals surface area contributed by atoms with Crippen LogP contribution in [0.15, 0.2) is 189 Å². The Bertz CT molecular complexity index is 4820. The van der Waals surface area contributed by atoms with Gasteiger partial charge in [-0.15, -0.1) is 0 Å². The molecule has 98 heavy (non-hydrogen) atoms. The minimum atomic E-state index is -0.963. The van der Waals surface area contributed by atoms with Crippen molar-refractivity contribution in [3.8, 4) is 34.2 Å². The van der Waals surface area contributed by atoms with Crippen molar-refractivity contribution in [2.45, 2.75) is 103 Å². The summed E-state index contributed by atoms with van der Waals surface area (Å²) in [5, 5.41) is 30.4. The Morgan fingerprint density at radius 1 is 0.429 bits per heavy atom. The minimum Gasteiger partial charge on any atom is -0.753 e. The maximum Gasteiger partial charge on any atom is 2.00 e. The molecule has 12 nitrogen and oxygen atoms in total. The van der Waals surface area contributed by atoms with Gasteiger partial charge >= 0.3 is 25.4 Å². The normalized spacial score (nSPS) is 15.7. The predicted octanol–water partition coefficient (Wildman–Crippen LogP) is 20.2. The van der Waals surface area contributed by atoms with Gasteiger partial charge in [0.15, 0.2) is 0 Å². The first kappa shape index (κ1) is 68.2. The van der Waals surface area contributed by atoms with E-state index in [1.807, 2.05) is 6.07 Å². The molecule has 0 saturated carbocycles. The van der Waals surface area contributed by atoms with Crippen LogP contribution in [-0.4, -0.2) is 76.6 Å². The zero-order valence-electron chi connectivity index (χ0n) is 56.4. The van der Waals surface area contributed by atoms with E-state index in [-0.39, 0.29) is 46.7 Å². The van der Waals surface area contributed by atoms with Crippen molar-refractivity contribution in [3.05, 3.63) is 249 Å². The first-order valence-corrected chi connectivity index (χ1v) is 33.9. The van der Waals surface area contributed by atoms with Crippen molar-refractivity contribution in [1.29, 1.82) is 0 Å². The number of hydrogen-bond acceptors (Lipinski definition) is 9. The van der Waals surface area contributed by atoms with E-state index in [1.54, 1.807) is 18.3 Å². The molecule has 6 aromatic heterocycles. The van der Waals surface area contributed by atoms with Gasteiger partial charge < -0.3 is 34.9 Å². The number of isothiocyanates is 2. The second kappa shape index (κ2) is 27.7. The Balaban J connectivity index is 0.000000359. The summed E-state index contributed by atoms with van der Waals surface area (Å²) in [6, 6.07) is 58.0. The molecular formula is C83H76N10O2RuS2. The van der Waals surface area contributed by atoms with E-state index in [2.05, 4.69) is 279 Å². The van der Waals surface area contributed by atoms with Crippen molar-refractivity contribution in [3.63, 3.8) is 0 Å². The molecule has 12 aromatic rings. The maximum atomic E-state index is 10.7. The number of carboxylic acids is 1. The molecule has 490 valence electrons. The molecule has 4 aliphatic heterocycles. The number of aromatic carboxylic acids is 1. The van der Waals surface area contributed by atoms with E-state index in [0.29, 0.717) is 11.4 Å². The molecule has 0 radical (unpaired) electrons. The number of nitrogens with zero attached hydrogens (tertiary/aromatic N) is 10. The number of rotatable bonds is 9. The van der Waals surface area contributed by atoms with Gasteiger partial charge in [-0.3, -0.25) is 19.9 Å². The van der Waals surface area contributed by atoms with Crippen LogP contribution in [0, 0.1) is 0 Å². The average Bonchev–Trinajstić information content (AvgIpc) is 0.872. The number of thiocarbonyl (C=S) groups is 2.